The van der Waals surface area contributed by atoms with Gasteiger partial charge in [0.1, 0.15) is 5.82 Å². The summed E-state index contributed by atoms with van der Waals surface area (Å²) >= 11 is 0. The summed E-state index contributed by atoms with van der Waals surface area (Å²) < 4.78 is 0. The summed E-state index contributed by atoms with van der Waals surface area (Å²) in [5.41, 5.74) is 2.67. The number of aromatic nitrogens is 2. The molecule has 0 aliphatic heterocycles. The maximum Gasteiger partial charge on any atom is 0.251 e. The van der Waals surface area contributed by atoms with E-state index in [1.165, 1.54) is 0 Å². The minimum absolute atomic E-state index is 0.00130. The molecule has 7 heteroatoms. The van der Waals surface area contributed by atoms with Gasteiger partial charge in [-0.05, 0) is 56.0 Å². The highest BCUT2D eigenvalue weighted by atomic mass is 16.1. The molecule has 4 rings (SSSR count). The van der Waals surface area contributed by atoms with Crippen LogP contribution in [0.4, 0.5) is 17.5 Å². The number of carbonyl (C=O) groups is 1. The van der Waals surface area contributed by atoms with Crippen molar-refractivity contribution in [3.8, 4) is 0 Å². The van der Waals surface area contributed by atoms with Crippen molar-refractivity contribution in [2.24, 2.45) is 0 Å². The fraction of sp³-hybridized carbons (Fsp3) is 0.400. The summed E-state index contributed by atoms with van der Waals surface area (Å²) in [6, 6.07) is 16.3. The maximum absolute atomic E-state index is 12.7. The van der Waals surface area contributed by atoms with Crippen LogP contribution in [0, 0.1) is 0 Å². The topological polar surface area (TPSA) is 73.4 Å². The SMILES string of the molecule is CN(C)c1cccc(C(=O)NC2CCC(Nc3nc(N(C)C)c4ccccc4n3)CC2)c1. The Morgan fingerprint density at radius 1 is 0.875 bits per heavy atom. The van der Waals surface area contributed by atoms with Crippen molar-refractivity contribution >= 4 is 34.3 Å². The van der Waals surface area contributed by atoms with Crippen molar-refractivity contribution in [3.05, 3.63) is 54.1 Å². The van der Waals surface area contributed by atoms with E-state index in [0.717, 1.165) is 48.1 Å². The van der Waals surface area contributed by atoms with Crippen LogP contribution >= 0.6 is 0 Å². The summed E-state index contributed by atoms with van der Waals surface area (Å²) in [5.74, 6) is 1.58. The Bertz CT molecular complexity index is 1090. The second-order valence-corrected chi connectivity index (χ2v) is 8.89. The van der Waals surface area contributed by atoms with Gasteiger partial charge < -0.3 is 20.4 Å². The molecule has 1 aliphatic rings. The first kappa shape index (κ1) is 21.9. The lowest BCUT2D eigenvalue weighted by molar-refractivity contribution is 0.0926. The number of rotatable bonds is 6. The first-order valence-corrected chi connectivity index (χ1v) is 11.2. The van der Waals surface area contributed by atoms with Gasteiger partial charge in [-0.3, -0.25) is 4.79 Å². The second kappa shape index (κ2) is 9.42. The molecule has 3 aromatic rings. The molecule has 0 radical (unpaired) electrons. The highest BCUT2D eigenvalue weighted by Crippen LogP contribution is 2.26. The standard InChI is InChI=1S/C25H32N6O/c1-30(2)20-9-7-8-17(16-20)24(32)26-18-12-14-19(15-13-18)27-25-28-22-11-6-5-10-21(22)23(29-25)31(3)4/h5-11,16,18-19H,12-15H2,1-4H3,(H,26,32)(H,27,28,29). The predicted octanol–water partition coefficient (Wildman–Crippen LogP) is 3.91. The molecule has 1 amide bonds. The molecule has 0 atom stereocenters. The van der Waals surface area contributed by atoms with Crippen LogP contribution in [0.3, 0.4) is 0 Å². The van der Waals surface area contributed by atoms with E-state index in [4.69, 9.17) is 9.97 Å². The lowest BCUT2D eigenvalue weighted by atomic mass is 9.91. The van der Waals surface area contributed by atoms with Crippen LogP contribution in [0.2, 0.25) is 0 Å². The summed E-state index contributed by atoms with van der Waals surface area (Å²) in [6.07, 6.45) is 3.81. The van der Waals surface area contributed by atoms with Gasteiger partial charge in [0.05, 0.1) is 5.52 Å². The number of anilines is 3. The number of nitrogens with one attached hydrogen (secondary N) is 2. The van der Waals surface area contributed by atoms with E-state index in [1.54, 1.807) is 0 Å². The average molecular weight is 433 g/mol. The van der Waals surface area contributed by atoms with Crippen molar-refractivity contribution in [1.29, 1.82) is 0 Å². The molecule has 0 unspecified atom stereocenters. The number of fused-ring (bicyclic) bond motifs is 1. The number of carbonyl (C=O) groups excluding carboxylic acids is 1. The molecule has 32 heavy (non-hydrogen) atoms. The summed E-state index contributed by atoms with van der Waals surface area (Å²) in [4.78, 5) is 26.2. The van der Waals surface area contributed by atoms with Crippen LogP contribution < -0.4 is 20.4 Å². The lowest BCUT2D eigenvalue weighted by Gasteiger charge is -2.30. The van der Waals surface area contributed by atoms with Crippen molar-refractivity contribution in [2.75, 3.05) is 43.3 Å². The van der Waals surface area contributed by atoms with E-state index in [9.17, 15) is 4.79 Å². The largest absolute Gasteiger partial charge is 0.378 e. The third kappa shape index (κ3) is 4.93. The predicted molar refractivity (Wildman–Crippen MR) is 132 cm³/mol. The van der Waals surface area contributed by atoms with Gasteiger partial charge in [-0.15, -0.1) is 0 Å². The normalized spacial score (nSPS) is 18.2. The van der Waals surface area contributed by atoms with E-state index < -0.39 is 0 Å². The average Bonchev–Trinajstić information content (AvgIpc) is 2.79. The Balaban J connectivity index is 1.36. The number of nitrogens with zero attached hydrogens (tertiary/aromatic N) is 4. The van der Waals surface area contributed by atoms with Crippen LogP contribution in [0.1, 0.15) is 36.0 Å². The smallest absolute Gasteiger partial charge is 0.251 e. The fourth-order valence-corrected chi connectivity index (χ4v) is 4.22. The van der Waals surface area contributed by atoms with Crippen LogP contribution in [0.5, 0.6) is 0 Å². The van der Waals surface area contributed by atoms with Gasteiger partial charge in [-0.25, -0.2) is 4.98 Å². The number of amides is 1. The number of hydrogen-bond donors (Lipinski definition) is 2. The van der Waals surface area contributed by atoms with Crippen LogP contribution in [-0.4, -0.2) is 56.1 Å². The van der Waals surface area contributed by atoms with Crippen LogP contribution in [0.25, 0.3) is 10.9 Å². The summed E-state index contributed by atoms with van der Waals surface area (Å²) in [5, 5.41) is 7.79. The molecule has 168 valence electrons. The monoisotopic (exact) mass is 432 g/mol. The van der Waals surface area contributed by atoms with E-state index >= 15 is 0 Å². The quantitative estimate of drug-likeness (QED) is 0.615. The molecular weight excluding hydrogens is 400 g/mol. The zero-order valence-electron chi connectivity index (χ0n) is 19.3. The molecule has 0 saturated heterocycles. The third-order valence-corrected chi connectivity index (χ3v) is 6.03. The Kier molecular flexibility index (Phi) is 6.44. The molecule has 7 nitrogen and oxygen atoms in total. The molecule has 1 heterocycles. The summed E-state index contributed by atoms with van der Waals surface area (Å²) in [7, 11) is 7.96. The molecule has 0 bridgehead atoms. The van der Waals surface area contributed by atoms with E-state index in [-0.39, 0.29) is 11.9 Å². The third-order valence-electron chi connectivity index (χ3n) is 6.03. The number of hydrogen-bond acceptors (Lipinski definition) is 6. The van der Waals surface area contributed by atoms with Crippen molar-refractivity contribution in [3.63, 3.8) is 0 Å². The first-order valence-electron chi connectivity index (χ1n) is 11.2. The minimum atomic E-state index is -0.00130. The molecule has 1 aromatic heterocycles. The Morgan fingerprint density at radius 2 is 1.59 bits per heavy atom. The Labute approximate surface area is 189 Å². The van der Waals surface area contributed by atoms with Crippen molar-refractivity contribution < 1.29 is 4.79 Å². The number of para-hydroxylation sites is 1. The van der Waals surface area contributed by atoms with E-state index in [2.05, 4.69) is 16.7 Å². The fourth-order valence-electron chi connectivity index (χ4n) is 4.22. The molecule has 2 aromatic carbocycles. The first-order chi connectivity index (χ1) is 15.4. The zero-order chi connectivity index (χ0) is 22.7. The van der Waals surface area contributed by atoms with Gasteiger partial charge in [-0.1, -0.05) is 18.2 Å². The maximum atomic E-state index is 12.7. The van der Waals surface area contributed by atoms with Gasteiger partial charge in [0.2, 0.25) is 5.95 Å². The van der Waals surface area contributed by atoms with Gasteiger partial charge in [-0.2, -0.15) is 4.98 Å². The molecule has 0 spiro atoms. The van der Waals surface area contributed by atoms with Gasteiger partial charge in [0.25, 0.3) is 5.91 Å². The number of benzene rings is 2. The van der Waals surface area contributed by atoms with E-state index in [1.807, 2.05) is 80.5 Å². The minimum Gasteiger partial charge on any atom is -0.378 e. The van der Waals surface area contributed by atoms with Gasteiger partial charge in [0.15, 0.2) is 0 Å². The molecule has 1 fully saturated rings. The molecular formula is C25H32N6O. The summed E-state index contributed by atoms with van der Waals surface area (Å²) in [6.45, 7) is 0. The van der Waals surface area contributed by atoms with Gasteiger partial charge >= 0.3 is 0 Å². The highest BCUT2D eigenvalue weighted by Gasteiger charge is 2.24. The molecule has 2 N–H and O–H groups in total. The van der Waals surface area contributed by atoms with Gasteiger partial charge in [0, 0.05) is 56.9 Å². The Hall–Kier alpha value is -3.35. The highest BCUT2D eigenvalue weighted by molar-refractivity contribution is 5.95. The molecule has 1 aliphatic carbocycles. The van der Waals surface area contributed by atoms with Crippen LogP contribution in [0.15, 0.2) is 48.5 Å². The van der Waals surface area contributed by atoms with Crippen LogP contribution in [-0.2, 0) is 0 Å². The van der Waals surface area contributed by atoms with Crippen molar-refractivity contribution in [2.45, 2.75) is 37.8 Å². The zero-order valence-corrected chi connectivity index (χ0v) is 19.3. The Morgan fingerprint density at radius 3 is 2.31 bits per heavy atom. The lowest BCUT2D eigenvalue weighted by Crippen LogP contribution is -2.40. The van der Waals surface area contributed by atoms with E-state index in [0.29, 0.717) is 17.6 Å². The second-order valence-electron chi connectivity index (χ2n) is 8.89. The molecule has 1 saturated carbocycles. The van der Waals surface area contributed by atoms with Crippen molar-refractivity contribution in [1.82, 2.24) is 15.3 Å².